The van der Waals surface area contributed by atoms with Crippen LogP contribution in [0.15, 0.2) is 370 Å². The highest BCUT2D eigenvalue weighted by molar-refractivity contribution is 7.00. The van der Waals surface area contributed by atoms with Gasteiger partial charge in [-0.05, 0) is 137 Å². The van der Waals surface area contributed by atoms with Crippen molar-refractivity contribution in [2.45, 2.75) is 0 Å². The molecular weight excluding hydrogens is 1250 g/mol. The molecule has 0 saturated heterocycles. The molecule has 478 valence electrons. The van der Waals surface area contributed by atoms with Crippen LogP contribution in [0, 0.1) is 0 Å². The first-order valence-corrected chi connectivity index (χ1v) is 35.6. The van der Waals surface area contributed by atoms with Crippen LogP contribution < -0.4 is 26.2 Å². The molecule has 0 amide bonds. The zero-order valence-electron chi connectivity index (χ0n) is 56.0. The van der Waals surface area contributed by atoms with Gasteiger partial charge in [0.1, 0.15) is 0 Å². The highest BCUT2D eigenvalue weighted by atomic mass is 15.2. The molecule has 22 rings (SSSR count). The van der Waals surface area contributed by atoms with E-state index in [0.717, 1.165) is 112 Å². The number of nitrogens with zero attached hydrogens (tertiary/aromatic N) is 6. The van der Waals surface area contributed by atoms with Gasteiger partial charge in [-0.2, -0.15) is 0 Å². The molecule has 0 unspecified atom stereocenters. The second-order valence-electron chi connectivity index (χ2n) is 27.4. The van der Waals surface area contributed by atoms with Gasteiger partial charge in [-0.15, -0.1) is 0 Å². The Kier molecular flexibility index (Phi) is 12.5. The lowest BCUT2D eigenvalue weighted by Gasteiger charge is -2.45. The van der Waals surface area contributed by atoms with Crippen molar-refractivity contribution in [3.8, 4) is 56.1 Å². The lowest BCUT2D eigenvalue weighted by atomic mass is 9.33. The number of anilines is 6. The Labute approximate surface area is 595 Å². The van der Waals surface area contributed by atoms with Crippen LogP contribution in [-0.2, 0) is 0 Å². The Morgan fingerprint density at radius 2 is 0.437 bits per heavy atom. The standard InChI is InChI=1S/C96H61BN6/c1-2-28-62(29-3-1)63-58-94-96-95(59-63)103(91-53-27-15-41-77(91)75-39-13-25-51-89(75)101-86-48-22-10-36-72(86)73-37-11-23-49-87(73)101)93-61-65(99-82-44-18-6-32-68(82)69-33-7-19-45-83(69)99)55-57-79(93)97(96)78-56-54-64(98-80-42-16-4-30-66(80)67-31-5-17-43-81(67)98)60-92(78)102(94)90-52-26-14-40-76(90)74-38-12-24-50-88(74)100-84-46-20-8-34-70(84)71-35-9-21-47-85(71)100/h1-61H. The van der Waals surface area contributed by atoms with E-state index in [1.165, 1.54) is 81.5 Å². The summed E-state index contributed by atoms with van der Waals surface area (Å²) in [5.41, 5.74) is 30.7. The maximum Gasteiger partial charge on any atom is 0.252 e. The van der Waals surface area contributed by atoms with Crippen LogP contribution >= 0.6 is 0 Å². The van der Waals surface area contributed by atoms with E-state index < -0.39 is 0 Å². The maximum absolute atomic E-state index is 2.64. The first-order chi connectivity index (χ1) is 51.2. The Bertz CT molecular complexity index is 6320. The van der Waals surface area contributed by atoms with Gasteiger partial charge in [0.05, 0.1) is 66.9 Å². The third-order valence-electron chi connectivity index (χ3n) is 22.1. The normalized spacial score (nSPS) is 12.6. The lowest BCUT2D eigenvalue weighted by Crippen LogP contribution is -2.61. The van der Waals surface area contributed by atoms with Crippen LogP contribution in [0.25, 0.3) is 143 Å². The first-order valence-electron chi connectivity index (χ1n) is 35.6. The fourth-order valence-electron chi connectivity index (χ4n) is 17.9. The SMILES string of the molecule is c1ccc(-c2cc3c4c(c2)N(c2ccccc2-c2ccccc2-n2c5ccccc5c5ccccc52)c2cc(-n5c6ccccc6c6ccccc65)ccc2B4c2ccc(-n4c5ccccc5c5ccccc54)cc2N3c2ccccc2-c2ccccc2-n2c3ccccc3c3ccccc32)cc1. The third-order valence-corrected chi connectivity index (χ3v) is 22.1. The van der Waals surface area contributed by atoms with E-state index in [-0.39, 0.29) is 6.71 Å². The van der Waals surface area contributed by atoms with Gasteiger partial charge in [-0.3, -0.25) is 0 Å². The van der Waals surface area contributed by atoms with Crippen LogP contribution in [0.2, 0.25) is 0 Å². The molecule has 2 aliphatic heterocycles. The Morgan fingerprint density at radius 3 is 0.767 bits per heavy atom. The largest absolute Gasteiger partial charge is 0.311 e. The predicted molar refractivity (Wildman–Crippen MR) is 434 cm³/mol. The van der Waals surface area contributed by atoms with Crippen LogP contribution in [-0.4, -0.2) is 25.0 Å². The minimum absolute atomic E-state index is 0.235. The molecule has 0 saturated carbocycles. The molecule has 0 N–H and O–H groups in total. The summed E-state index contributed by atoms with van der Waals surface area (Å²) in [7, 11) is 0. The van der Waals surface area contributed by atoms with Crippen molar-refractivity contribution in [1.29, 1.82) is 0 Å². The molecule has 16 aromatic carbocycles. The summed E-state index contributed by atoms with van der Waals surface area (Å²) in [5, 5.41) is 9.79. The Morgan fingerprint density at radius 1 is 0.175 bits per heavy atom. The topological polar surface area (TPSA) is 26.2 Å². The van der Waals surface area contributed by atoms with Crippen molar-refractivity contribution in [2.75, 3.05) is 9.80 Å². The van der Waals surface area contributed by atoms with Crippen LogP contribution in [0.3, 0.4) is 0 Å². The van der Waals surface area contributed by atoms with Crippen molar-refractivity contribution < 1.29 is 0 Å². The summed E-state index contributed by atoms with van der Waals surface area (Å²) >= 11 is 0. The average Bonchev–Trinajstić information content (AvgIpc) is 1.13. The van der Waals surface area contributed by atoms with Crippen molar-refractivity contribution >= 4 is 144 Å². The molecule has 20 aromatic rings. The molecule has 7 heteroatoms. The van der Waals surface area contributed by atoms with Crippen LogP contribution in [0.1, 0.15) is 0 Å². The molecule has 0 spiro atoms. The molecule has 6 heterocycles. The molecule has 0 aliphatic carbocycles. The van der Waals surface area contributed by atoms with Crippen molar-refractivity contribution in [3.05, 3.63) is 370 Å². The lowest BCUT2D eigenvalue weighted by molar-refractivity contribution is 1.16. The Balaban J connectivity index is 0.863. The van der Waals surface area contributed by atoms with Crippen molar-refractivity contribution in [3.63, 3.8) is 0 Å². The number of para-hydroxylation sites is 12. The zero-order chi connectivity index (χ0) is 67.4. The highest BCUT2D eigenvalue weighted by Gasteiger charge is 2.45. The van der Waals surface area contributed by atoms with Gasteiger partial charge >= 0.3 is 0 Å². The summed E-state index contributed by atoms with van der Waals surface area (Å²) in [6, 6.07) is 138. The highest BCUT2D eigenvalue weighted by Crippen LogP contribution is 2.52. The van der Waals surface area contributed by atoms with E-state index in [0.29, 0.717) is 0 Å². The van der Waals surface area contributed by atoms with E-state index in [2.05, 4.69) is 398 Å². The average molecular weight is 1310 g/mol. The molecular formula is C96H61BN6. The molecule has 6 nitrogen and oxygen atoms in total. The minimum Gasteiger partial charge on any atom is -0.311 e. The number of benzene rings is 16. The molecule has 0 radical (unpaired) electrons. The quantitative estimate of drug-likeness (QED) is 0.135. The van der Waals surface area contributed by atoms with Crippen molar-refractivity contribution in [2.24, 2.45) is 0 Å². The summed E-state index contributed by atoms with van der Waals surface area (Å²) < 4.78 is 9.93. The smallest absolute Gasteiger partial charge is 0.252 e. The maximum atomic E-state index is 2.64. The Hall–Kier alpha value is -13.6. The number of rotatable bonds is 9. The number of hydrogen-bond donors (Lipinski definition) is 0. The number of hydrogen-bond acceptors (Lipinski definition) is 2. The molecule has 0 atom stereocenters. The second kappa shape index (κ2) is 22.5. The minimum atomic E-state index is -0.235. The first kappa shape index (κ1) is 57.3. The van der Waals surface area contributed by atoms with E-state index >= 15 is 0 Å². The summed E-state index contributed by atoms with van der Waals surface area (Å²) in [5.74, 6) is 0. The summed E-state index contributed by atoms with van der Waals surface area (Å²) in [6.07, 6.45) is 0. The number of fused-ring (bicyclic) bond motifs is 16. The summed E-state index contributed by atoms with van der Waals surface area (Å²) in [4.78, 5) is 5.29. The van der Waals surface area contributed by atoms with E-state index in [4.69, 9.17) is 0 Å². The molecule has 103 heavy (non-hydrogen) atoms. The van der Waals surface area contributed by atoms with E-state index in [9.17, 15) is 0 Å². The van der Waals surface area contributed by atoms with Crippen molar-refractivity contribution in [1.82, 2.24) is 18.3 Å². The predicted octanol–water partition coefficient (Wildman–Crippen LogP) is 23.2. The number of aromatic nitrogens is 4. The molecule has 0 fully saturated rings. The zero-order valence-corrected chi connectivity index (χ0v) is 56.0. The van der Waals surface area contributed by atoms with Crippen LogP contribution in [0.4, 0.5) is 34.1 Å². The fraction of sp³-hybridized carbons (Fsp3) is 0. The van der Waals surface area contributed by atoms with Gasteiger partial charge in [0, 0.05) is 99.5 Å². The monoisotopic (exact) mass is 1310 g/mol. The van der Waals surface area contributed by atoms with Gasteiger partial charge < -0.3 is 28.1 Å². The van der Waals surface area contributed by atoms with E-state index in [1.54, 1.807) is 0 Å². The van der Waals surface area contributed by atoms with E-state index in [1.807, 2.05) is 0 Å². The fourth-order valence-corrected chi connectivity index (χ4v) is 17.9. The summed E-state index contributed by atoms with van der Waals surface area (Å²) in [6.45, 7) is -0.235. The van der Waals surface area contributed by atoms with Gasteiger partial charge in [-0.25, -0.2) is 0 Å². The molecule has 2 aliphatic rings. The van der Waals surface area contributed by atoms with Crippen LogP contribution in [0.5, 0.6) is 0 Å². The second-order valence-corrected chi connectivity index (χ2v) is 27.4. The molecule has 0 bridgehead atoms. The van der Waals surface area contributed by atoms with Gasteiger partial charge in [0.15, 0.2) is 0 Å². The van der Waals surface area contributed by atoms with Gasteiger partial charge in [0.25, 0.3) is 6.71 Å². The third kappa shape index (κ3) is 8.39. The molecule has 4 aromatic heterocycles. The van der Waals surface area contributed by atoms with Gasteiger partial charge in [0.2, 0.25) is 0 Å². The van der Waals surface area contributed by atoms with Gasteiger partial charge in [-0.1, -0.05) is 261 Å².